The summed E-state index contributed by atoms with van der Waals surface area (Å²) < 4.78 is 0. The zero-order chi connectivity index (χ0) is 9.90. The number of benzene rings is 1. The van der Waals surface area contributed by atoms with E-state index < -0.39 is 5.60 Å². The first-order valence-corrected chi connectivity index (χ1v) is 4.36. The molecule has 72 valence electrons. The molecule has 1 rings (SSSR count). The van der Waals surface area contributed by atoms with Gasteiger partial charge in [-0.25, -0.2) is 0 Å². The van der Waals surface area contributed by atoms with Crippen molar-refractivity contribution in [3.8, 4) is 0 Å². The molecule has 0 bridgehead atoms. The van der Waals surface area contributed by atoms with Gasteiger partial charge >= 0.3 is 0 Å². The molecule has 0 aliphatic heterocycles. The van der Waals surface area contributed by atoms with E-state index in [4.69, 9.17) is 17.4 Å². The van der Waals surface area contributed by atoms with Crippen molar-refractivity contribution in [1.82, 2.24) is 5.43 Å². The first-order valence-electron chi connectivity index (χ1n) is 3.98. The Morgan fingerprint density at radius 3 is 2.85 bits per heavy atom. The van der Waals surface area contributed by atoms with Gasteiger partial charge in [0.05, 0.1) is 0 Å². The summed E-state index contributed by atoms with van der Waals surface area (Å²) in [5.74, 6) is 5.15. The molecule has 13 heavy (non-hydrogen) atoms. The van der Waals surface area contributed by atoms with Gasteiger partial charge < -0.3 is 5.11 Å². The molecule has 0 heterocycles. The molecule has 0 spiro atoms. The fourth-order valence-corrected chi connectivity index (χ4v) is 1.31. The van der Waals surface area contributed by atoms with Crippen molar-refractivity contribution in [2.24, 2.45) is 5.84 Å². The molecule has 0 fully saturated rings. The van der Waals surface area contributed by atoms with Crippen molar-refractivity contribution >= 4 is 11.6 Å². The fourth-order valence-electron chi connectivity index (χ4n) is 1.12. The Morgan fingerprint density at radius 1 is 1.62 bits per heavy atom. The van der Waals surface area contributed by atoms with Crippen LogP contribution in [0.4, 0.5) is 0 Å². The van der Waals surface area contributed by atoms with E-state index in [2.05, 4.69) is 5.43 Å². The highest BCUT2D eigenvalue weighted by Crippen LogP contribution is 2.22. The third-order valence-corrected chi connectivity index (χ3v) is 2.13. The van der Waals surface area contributed by atoms with Gasteiger partial charge in [0.2, 0.25) is 0 Å². The van der Waals surface area contributed by atoms with Crippen LogP contribution in [0.5, 0.6) is 0 Å². The van der Waals surface area contributed by atoms with Crippen LogP contribution in [0.1, 0.15) is 12.5 Å². The lowest BCUT2D eigenvalue weighted by Gasteiger charge is -2.23. The first-order chi connectivity index (χ1) is 6.06. The normalized spacial score (nSPS) is 15.4. The van der Waals surface area contributed by atoms with Gasteiger partial charge in [0, 0.05) is 11.6 Å². The highest BCUT2D eigenvalue weighted by atomic mass is 35.5. The Balaban J connectivity index is 2.93. The molecule has 1 aromatic rings. The topological polar surface area (TPSA) is 58.3 Å². The second kappa shape index (κ2) is 4.07. The Bertz CT molecular complexity index is 289. The zero-order valence-corrected chi connectivity index (χ0v) is 8.17. The predicted octanol–water partition coefficient (Wildman–Crippen LogP) is 1.01. The number of hydrogen-bond acceptors (Lipinski definition) is 3. The summed E-state index contributed by atoms with van der Waals surface area (Å²) in [6, 6.07) is 7.09. The van der Waals surface area contributed by atoms with Gasteiger partial charge in [0.1, 0.15) is 5.60 Å². The van der Waals surface area contributed by atoms with Crippen molar-refractivity contribution < 1.29 is 5.11 Å². The van der Waals surface area contributed by atoms with Crippen LogP contribution < -0.4 is 11.3 Å². The van der Waals surface area contributed by atoms with E-state index >= 15 is 0 Å². The van der Waals surface area contributed by atoms with Gasteiger partial charge in [-0.2, -0.15) is 0 Å². The summed E-state index contributed by atoms with van der Waals surface area (Å²) in [6.45, 7) is 1.96. The second-order valence-electron chi connectivity index (χ2n) is 3.17. The minimum absolute atomic E-state index is 0.285. The quantitative estimate of drug-likeness (QED) is 0.504. The Morgan fingerprint density at radius 2 is 2.31 bits per heavy atom. The molecule has 0 saturated carbocycles. The zero-order valence-electron chi connectivity index (χ0n) is 7.42. The average molecular weight is 201 g/mol. The van der Waals surface area contributed by atoms with Crippen molar-refractivity contribution in [3.63, 3.8) is 0 Å². The van der Waals surface area contributed by atoms with Crippen molar-refractivity contribution in [2.75, 3.05) is 6.54 Å². The van der Waals surface area contributed by atoms with Gasteiger partial charge in [-0.15, -0.1) is 0 Å². The van der Waals surface area contributed by atoms with Crippen LogP contribution in [0.3, 0.4) is 0 Å². The highest BCUT2D eigenvalue weighted by molar-refractivity contribution is 6.30. The van der Waals surface area contributed by atoms with Crippen LogP contribution in [0.15, 0.2) is 24.3 Å². The predicted molar refractivity (Wildman–Crippen MR) is 53.2 cm³/mol. The minimum atomic E-state index is -0.986. The molecule has 3 nitrogen and oxygen atoms in total. The third-order valence-electron chi connectivity index (χ3n) is 1.89. The molecule has 0 saturated heterocycles. The average Bonchev–Trinajstić information content (AvgIpc) is 2.04. The van der Waals surface area contributed by atoms with Crippen LogP contribution in [-0.4, -0.2) is 11.7 Å². The van der Waals surface area contributed by atoms with Gasteiger partial charge in [-0.05, 0) is 24.6 Å². The van der Waals surface area contributed by atoms with E-state index in [-0.39, 0.29) is 6.54 Å². The van der Waals surface area contributed by atoms with Gasteiger partial charge in [-0.3, -0.25) is 11.3 Å². The molecule has 1 unspecified atom stereocenters. The van der Waals surface area contributed by atoms with E-state index in [1.807, 2.05) is 6.07 Å². The number of hydrazine groups is 1. The Kier molecular flexibility index (Phi) is 3.27. The molecule has 4 heteroatoms. The van der Waals surface area contributed by atoms with Gasteiger partial charge in [0.15, 0.2) is 0 Å². The molecule has 0 aromatic heterocycles. The molecule has 1 atom stereocenters. The summed E-state index contributed by atoms with van der Waals surface area (Å²) in [5.41, 5.74) is 2.19. The van der Waals surface area contributed by atoms with Crippen molar-refractivity contribution in [1.29, 1.82) is 0 Å². The van der Waals surface area contributed by atoms with E-state index in [9.17, 15) is 5.11 Å². The van der Waals surface area contributed by atoms with E-state index in [0.717, 1.165) is 5.56 Å². The van der Waals surface area contributed by atoms with E-state index in [1.165, 1.54) is 0 Å². The summed E-state index contributed by atoms with van der Waals surface area (Å²) in [5, 5.41) is 10.5. The maximum absolute atomic E-state index is 9.91. The van der Waals surface area contributed by atoms with Crippen LogP contribution in [0.25, 0.3) is 0 Å². The molecule has 4 N–H and O–H groups in total. The molecule has 0 amide bonds. The van der Waals surface area contributed by atoms with Crippen LogP contribution in [-0.2, 0) is 5.60 Å². The summed E-state index contributed by atoms with van der Waals surface area (Å²) in [7, 11) is 0. The number of halogens is 1. The molecule has 1 aromatic carbocycles. The number of rotatable bonds is 3. The minimum Gasteiger partial charge on any atom is -0.384 e. The van der Waals surface area contributed by atoms with Gasteiger partial charge in [-0.1, -0.05) is 23.7 Å². The molecular formula is C9H13ClN2O. The molecule has 0 aliphatic rings. The lowest BCUT2D eigenvalue weighted by atomic mass is 9.96. The fraction of sp³-hybridized carbons (Fsp3) is 0.333. The van der Waals surface area contributed by atoms with Crippen molar-refractivity contribution in [2.45, 2.75) is 12.5 Å². The maximum atomic E-state index is 9.91. The Hall–Kier alpha value is -0.610. The lowest BCUT2D eigenvalue weighted by molar-refractivity contribution is 0.0572. The Labute approximate surface area is 82.5 Å². The number of nitrogens with one attached hydrogen (secondary N) is 1. The summed E-state index contributed by atoms with van der Waals surface area (Å²) in [4.78, 5) is 0. The lowest BCUT2D eigenvalue weighted by Crippen LogP contribution is -2.38. The first kappa shape index (κ1) is 10.5. The van der Waals surface area contributed by atoms with Crippen LogP contribution >= 0.6 is 11.6 Å². The number of nitrogens with two attached hydrogens (primary N) is 1. The summed E-state index contributed by atoms with van der Waals surface area (Å²) in [6.07, 6.45) is 0. The van der Waals surface area contributed by atoms with E-state index in [0.29, 0.717) is 5.02 Å². The molecule has 0 radical (unpaired) electrons. The SMILES string of the molecule is CC(O)(CNN)c1cccc(Cl)c1. The number of hydrogen-bond donors (Lipinski definition) is 3. The van der Waals surface area contributed by atoms with Crippen LogP contribution in [0, 0.1) is 0 Å². The van der Waals surface area contributed by atoms with Gasteiger partial charge in [0.25, 0.3) is 0 Å². The molecular weight excluding hydrogens is 188 g/mol. The monoisotopic (exact) mass is 200 g/mol. The van der Waals surface area contributed by atoms with Crippen molar-refractivity contribution in [3.05, 3.63) is 34.9 Å². The largest absolute Gasteiger partial charge is 0.384 e. The summed E-state index contributed by atoms with van der Waals surface area (Å²) >= 11 is 5.79. The smallest absolute Gasteiger partial charge is 0.101 e. The highest BCUT2D eigenvalue weighted by Gasteiger charge is 2.21. The number of aliphatic hydroxyl groups is 1. The standard InChI is InChI=1S/C9H13ClN2O/c1-9(13,6-12-11)7-3-2-4-8(10)5-7/h2-5,12-13H,6,11H2,1H3. The van der Waals surface area contributed by atoms with E-state index in [1.54, 1.807) is 25.1 Å². The molecule has 0 aliphatic carbocycles. The third kappa shape index (κ3) is 2.67. The van der Waals surface area contributed by atoms with Crippen LogP contribution in [0.2, 0.25) is 5.02 Å². The maximum Gasteiger partial charge on any atom is 0.101 e. The second-order valence-corrected chi connectivity index (χ2v) is 3.60.